The predicted octanol–water partition coefficient (Wildman–Crippen LogP) is 5.33. The summed E-state index contributed by atoms with van der Waals surface area (Å²) >= 11 is 3.44. The Kier molecular flexibility index (Phi) is 8.11. The van der Waals surface area contributed by atoms with E-state index in [1.165, 1.54) is 0 Å². The van der Waals surface area contributed by atoms with Gasteiger partial charge in [-0.25, -0.2) is 0 Å². The van der Waals surface area contributed by atoms with Crippen LogP contribution in [0.15, 0.2) is 40.9 Å². The second-order valence-electron chi connectivity index (χ2n) is 9.53. The number of amides is 2. The van der Waals surface area contributed by atoms with Gasteiger partial charge in [-0.05, 0) is 54.7 Å². The minimum Gasteiger partial charge on any atom is -0.490 e. The fourth-order valence-corrected chi connectivity index (χ4v) is 5.08. The average molecular weight is 543 g/mol. The number of halogens is 1. The summed E-state index contributed by atoms with van der Waals surface area (Å²) in [6.45, 7) is 6.83. The number of ketones is 1. The van der Waals surface area contributed by atoms with Crippen molar-refractivity contribution in [2.45, 2.75) is 39.5 Å². The molecule has 7 nitrogen and oxygen atoms in total. The van der Waals surface area contributed by atoms with Gasteiger partial charge in [0.25, 0.3) is 5.91 Å². The van der Waals surface area contributed by atoms with Crippen molar-refractivity contribution in [2.75, 3.05) is 31.6 Å². The van der Waals surface area contributed by atoms with Crippen molar-refractivity contribution in [2.24, 2.45) is 11.8 Å². The van der Waals surface area contributed by atoms with Gasteiger partial charge in [-0.2, -0.15) is 0 Å². The predicted molar refractivity (Wildman–Crippen MR) is 137 cm³/mol. The average Bonchev–Trinajstić information content (AvgIpc) is 3.07. The Bertz CT molecular complexity index is 1110. The van der Waals surface area contributed by atoms with E-state index >= 15 is 0 Å². The summed E-state index contributed by atoms with van der Waals surface area (Å²) < 4.78 is 12.0. The van der Waals surface area contributed by atoms with Crippen LogP contribution >= 0.6 is 15.9 Å². The molecule has 0 spiro atoms. The Hall–Kier alpha value is -2.87. The van der Waals surface area contributed by atoms with Crippen molar-refractivity contribution in [1.82, 2.24) is 4.90 Å². The zero-order valence-corrected chi connectivity index (χ0v) is 21.7. The lowest BCUT2D eigenvalue weighted by molar-refractivity contribution is -0.116. The molecule has 0 saturated carbocycles. The van der Waals surface area contributed by atoms with Gasteiger partial charge in [0.2, 0.25) is 5.91 Å². The second-order valence-corrected chi connectivity index (χ2v) is 10.4. The van der Waals surface area contributed by atoms with Crippen LogP contribution in [0.1, 0.15) is 60.2 Å². The van der Waals surface area contributed by atoms with Crippen LogP contribution in [0.4, 0.5) is 5.69 Å². The molecule has 1 saturated heterocycles. The van der Waals surface area contributed by atoms with Crippen LogP contribution < -0.4 is 14.8 Å². The molecule has 0 unspecified atom stereocenters. The van der Waals surface area contributed by atoms with E-state index in [1.54, 1.807) is 36.4 Å². The molecule has 2 amide bonds. The first-order valence-corrected chi connectivity index (χ1v) is 12.9. The highest BCUT2D eigenvalue weighted by Gasteiger charge is 2.28. The molecule has 8 heteroatoms. The summed E-state index contributed by atoms with van der Waals surface area (Å²) in [4.78, 5) is 40.6. The molecular formula is C27H31BrN2O5. The molecule has 1 N–H and O–H groups in total. The van der Waals surface area contributed by atoms with Crippen LogP contribution in [0.2, 0.25) is 0 Å². The topological polar surface area (TPSA) is 84.9 Å². The largest absolute Gasteiger partial charge is 0.490 e. The summed E-state index contributed by atoms with van der Waals surface area (Å²) in [7, 11) is 0. The van der Waals surface area contributed by atoms with Gasteiger partial charge in [-0.15, -0.1) is 0 Å². The minimum absolute atomic E-state index is 0.00868. The van der Waals surface area contributed by atoms with Crippen LogP contribution in [0, 0.1) is 11.8 Å². The number of anilines is 1. The smallest absolute Gasteiger partial charge is 0.256 e. The first kappa shape index (κ1) is 25.2. The number of likely N-dealkylation sites (tertiary alicyclic amines) is 1. The number of nitrogens with one attached hydrogen (secondary N) is 1. The summed E-state index contributed by atoms with van der Waals surface area (Å²) in [5.74, 6) is 1.48. The normalized spacial score (nSPS) is 19.6. The number of Topliss-reactive ketones (excluding diaryl/α,β-unsaturated/α-hetero) is 1. The van der Waals surface area contributed by atoms with Crippen LogP contribution in [0.5, 0.6) is 11.5 Å². The summed E-state index contributed by atoms with van der Waals surface area (Å²) in [5.41, 5.74) is 1.38. The van der Waals surface area contributed by atoms with Crippen LogP contribution in [0.25, 0.3) is 0 Å². The highest BCUT2D eigenvalue weighted by atomic mass is 79.9. The maximum Gasteiger partial charge on any atom is 0.256 e. The maximum atomic E-state index is 13.3. The highest BCUT2D eigenvalue weighted by molar-refractivity contribution is 9.10. The van der Waals surface area contributed by atoms with Crippen molar-refractivity contribution in [3.8, 4) is 11.5 Å². The van der Waals surface area contributed by atoms with Crippen LogP contribution in [-0.4, -0.2) is 48.8 Å². The van der Waals surface area contributed by atoms with Crippen molar-refractivity contribution in [3.05, 3.63) is 52.0 Å². The quantitative estimate of drug-likeness (QED) is 0.498. The first-order valence-electron chi connectivity index (χ1n) is 12.1. The fraction of sp³-hybridized carbons (Fsp3) is 0.444. The molecule has 186 valence electrons. The molecule has 0 aromatic heterocycles. The molecule has 0 aliphatic carbocycles. The molecule has 2 aliphatic rings. The first-order chi connectivity index (χ1) is 16.8. The number of nitrogens with zero attached hydrogens (tertiary/aromatic N) is 1. The number of ether oxygens (including phenoxy) is 2. The third kappa shape index (κ3) is 6.42. The lowest BCUT2D eigenvalue weighted by atomic mass is 9.91. The Labute approximate surface area is 214 Å². The van der Waals surface area contributed by atoms with E-state index in [4.69, 9.17) is 9.47 Å². The van der Waals surface area contributed by atoms with E-state index in [9.17, 15) is 14.4 Å². The summed E-state index contributed by atoms with van der Waals surface area (Å²) in [6.07, 6.45) is 1.94. The minimum atomic E-state index is -0.315. The Morgan fingerprint density at radius 1 is 0.971 bits per heavy atom. The molecule has 2 heterocycles. The molecule has 2 atom stereocenters. The van der Waals surface area contributed by atoms with Gasteiger partial charge in [0.15, 0.2) is 17.3 Å². The third-order valence-electron chi connectivity index (χ3n) is 6.29. The van der Waals surface area contributed by atoms with Crippen molar-refractivity contribution in [1.29, 1.82) is 0 Å². The lowest BCUT2D eigenvalue weighted by Crippen LogP contribution is -2.42. The standard InChI is InChI=1S/C27H31BrN2O5/c1-17-12-18(2)16-30(15-17)27(33)21-14-20(28)5-6-22(21)29-26(32)9-7-23(31)19-4-8-24-25(13-19)35-11-3-10-34-24/h4-6,8,13-14,17-18H,3,7,9-12,15-16H2,1-2H3,(H,29,32)/t17-,18+. The monoisotopic (exact) mass is 542 g/mol. The Morgan fingerprint density at radius 2 is 1.69 bits per heavy atom. The lowest BCUT2D eigenvalue weighted by Gasteiger charge is -2.35. The molecule has 2 aromatic rings. The van der Waals surface area contributed by atoms with Gasteiger partial charge in [0, 0.05) is 42.4 Å². The van der Waals surface area contributed by atoms with Crippen LogP contribution in [-0.2, 0) is 4.79 Å². The highest BCUT2D eigenvalue weighted by Crippen LogP contribution is 2.31. The zero-order valence-electron chi connectivity index (χ0n) is 20.1. The van der Waals surface area contributed by atoms with Gasteiger partial charge in [-0.3, -0.25) is 14.4 Å². The summed E-state index contributed by atoms with van der Waals surface area (Å²) in [6, 6.07) is 10.3. The molecule has 2 aromatic carbocycles. The Balaban J connectivity index is 1.40. The van der Waals surface area contributed by atoms with Gasteiger partial charge in [0.1, 0.15) is 0 Å². The van der Waals surface area contributed by atoms with E-state index in [-0.39, 0.29) is 30.4 Å². The second kappa shape index (κ2) is 11.2. The molecular weight excluding hydrogens is 512 g/mol. The van der Waals surface area contributed by atoms with Gasteiger partial charge in [0.05, 0.1) is 24.5 Å². The number of carbonyl (C=O) groups is 3. The van der Waals surface area contributed by atoms with E-state index < -0.39 is 0 Å². The number of hydrogen-bond donors (Lipinski definition) is 1. The van der Waals surface area contributed by atoms with Gasteiger partial charge < -0.3 is 19.7 Å². The van der Waals surface area contributed by atoms with E-state index in [0.717, 1.165) is 17.3 Å². The Morgan fingerprint density at radius 3 is 2.43 bits per heavy atom. The SMILES string of the molecule is C[C@@H]1C[C@H](C)CN(C(=O)c2cc(Br)ccc2NC(=O)CCC(=O)c2ccc3c(c2)OCCCO3)C1. The number of hydrogen-bond acceptors (Lipinski definition) is 5. The number of fused-ring (bicyclic) bond motifs is 1. The molecule has 35 heavy (non-hydrogen) atoms. The zero-order chi connectivity index (χ0) is 24.9. The molecule has 2 aliphatic heterocycles. The molecule has 0 bridgehead atoms. The van der Waals surface area contributed by atoms with E-state index in [1.807, 2.05) is 4.90 Å². The fourth-order valence-electron chi connectivity index (χ4n) is 4.72. The van der Waals surface area contributed by atoms with Crippen molar-refractivity contribution in [3.63, 3.8) is 0 Å². The van der Waals surface area contributed by atoms with E-state index in [0.29, 0.717) is 66.5 Å². The number of benzene rings is 2. The maximum absolute atomic E-state index is 13.3. The van der Waals surface area contributed by atoms with Crippen molar-refractivity contribution >= 4 is 39.2 Å². The van der Waals surface area contributed by atoms with E-state index in [2.05, 4.69) is 35.1 Å². The molecule has 0 radical (unpaired) electrons. The van der Waals surface area contributed by atoms with Gasteiger partial charge >= 0.3 is 0 Å². The van der Waals surface area contributed by atoms with Crippen LogP contribution in [0.3, 0.4) is 0 Å². The summed E-state index contributed by atoms with van der Waals surface area (Å²) in [5, 5.41) is 2.84. The number of piperidine rings is 1. The van der Waals surface area contributed by atoms with Gasteiger partial charge in [-0.1, -0.05) is 29.8 Å². The number of carbonyl (C=O) groups excluding carboxylic acids is 3. The van der Waals surface area contributed by atoms with Crippen molar-refractivity contribution < 1.29 is 23.9 Å². The molecule has 1 fully saturated rings. The third-order valence-corrected chi connectivity index (χ3v) is 6.78. The molecule has 4 rings (SSSR count). The number of rotatable bonds is 6.